The van der Waals surface area contributed by atoms with Crippen LogP contribution in [0.3, 0.4) is 0 Å². The summed E-state index contributed by atoms with van der Waals surface area (Å²) in [5, 5.41) is 7.26. The topological polar surface area (TPSA) is 64.2 Å². The van der Waals surface area contributed by atoms with E-state index in [1.54, 1.807) is 0 Å². The van der Waals surface area contributed by atoms with Gasteiger partial charge in [0, 0.05) is 12.1 Å². The Labute approximate surface area is 178 Å². The Bertz CT molecular complexity index is 944. The molecule has 0 bridgehead atoms. The van der Waals surface area contributed by atoms with E-state index in [1.807, 2.05) is 74.6 Å². The number of hydrogen-bond acceptors (Lipinski definition) is 4. The van der Waals surface area contributed by atoms with Crippen molar-refractivity contribution in [2.24, 2.45) is 5.41 Å². The van der Waals surface area contributed by atoms with Crippen LogP contribution in [0.1, 0.15) is 56.0 Å². The lowest BCUT2D eigenvalue weighted by molar-refractivity contribution is -0.157. The fourth-order valence-corrected chi connectivity index (χ4v) is 3.13. The van der Waals surface area contributed by atoms with Gasteiger partial charge >= 0.3 is 5.97 Å². The summed E-state index contributed by atoms with van der Waals surface area (Å²) in [4.78, 5) is 12.5. The first kappa shape index (κ1) is 21.6. The van der Waals surface area contributed by atoms with Crippen LogP contribution in [0.5, 0.6) is 5.75 Å². The molecule has 3 rings (SSSR count). The minimum atomic E-state index is -0.740. The average Bonchev–Trinajstić information content (AvgIpc) is 3.21. The Balaban J connectivity index is 1.52. The van der Waals surface area contributed by atoms with Gasteiger partial charge in [0.2, 0.25) is 0 Å². The molecule has 0 aliphatic rings. The number of esters is 1. The lowest BCUT2D eigenvalue weighted by Gasteiger charge is -2.23. The van der Waals surface area contributed by atoms with Crippen LogP contribution in [0.2, 0.25) is 0 Å². The van der Waals surface area contributed by atoms with Crippen molar-refractivity contribution in [2.45, 2.75) is 46.6 Å². The second kappa shape index (κ2) is 9.61. The van der Waals surface area contributed by atoms with Crippen molar-refractivity contribution >= 4 is 5.97 Å². The zero-order chi connectivity index (χ0) is 21.6. The first-order chi connectivity index (χ1) is 14.3. The third-order valence-corrected chi connectivity index (χ3v) is 5.01. The highest BCUT2D eigenvalue weighted by Gasteiger charge is 2.30. The molecule has 158 valence electrons. The van der Waals surface area contributed by atoms with E-state index in [0.717, 1.165) is 17.7 Å². The summed E-state index contributed by atoms with van der Waals surface area (Å²) >= 11 is 0. The molecule has 1 N–H and O–H groups in total. The molecule has 0 radical (unpaired) electrons. The SMILES string of the molecule is CC(C)c1[nH]ncc1Cc1ccc(OCC(C)(C)C(=O)OCc2ccccc2)cc1. The predicted molar refractivity (Wildman–Crippen MR) is 117 cm³/mol. The van der Waals surface area contributed by atoms with E-state index >= 15 is 0 Å². The quantitative estimate of drug-likeness (QED) is 0.492. The first-order valence-corrected chi connectivity index (χ1v) is 10.3. The number of aromatic amines is 1. The third-order valence-electron chi connectivity index (χ3n) is 5.01. The van der Waals surface area contributed by atoms with Gasteiger partial charge in [-0.25, -0.2) is 0 Å². The zero-order valence-corrected chi connectivity index (χ0v) is 18.1. The van der Waals surface area contributed by atoms with Gasteiger partial charge in [0.25, 0.3) is 0 Å². The molecule has 0 saturated carbocycles. The number of hydrogen-bond donors (Lipinski definition) is 1. The van der Waals surface area contributed by atoms with Gasteiger partial charge in [-0.2, -0.15) is 5.10 Å². The average molecular weight is 407 g/mol. The van der Waals surface area contributed by atoms with Gasteiger partial charge in [0.1, 0.15) is 19.0 Å². The minimum absolute atomic E-state index is 0.249. The van der Waals surface area contributed by atoms with Gasteiger partial charge in [-0.3, -0.25) is 9.89 Å². The van der Waals surface area contributed by atoms with Crippen molar-refractivity contribution in [1.82, 2.24) is 10.2 Å². The van der Waals surface area contributed by atoms with Crippen LogP contribution in [0.15, 0.2) is 60.8 Å². The monoisotopic (exact) mass is 406 g/mol. The van der Waals surface area contributed by atoms with Crippen molar-refractivity contribution in [2.75, 3.05) is 6.61 Å². The Kier molecular flexibility index (Phi) is 6.93. The maximum absolute atomic E-state index is 12.5. The normalized spacial score (nSPS) is 11.5. The molecule has 2 aromatic carbocycles. The molecule has 0 aliphatic carbocycles. The molecule has 0 saturated heterocycles. The van der Waals surface area contributed by atoms with Gasteiger partial charge in [0.15, 0.2) is 0 Å². The van der Waals surface area contributed by atoms with E-state index in [9.17, 15) is 4.79 Å². The summed E-state index contributed by atoms with van der Waals surface area (Å²) < 4.78 is 11.3. The summed E-state index contributed by atoms with van der Waals surface area (Å²) in [5.74, 6) is 0.872. The first-order valence-electron chi connectivity index (χ1n) is 10.3. The molecule has 30 heavy (non-hydrogen) atoms. The number of carbonyl (C=O) groups excluding carboxylic acids is 1. The molecular weight excluding hydrogens is 376 g/mol. The predicted octanol–water partition coefficient (Wildman–Crippen LogP) is 5.27. The molecule has 1 heterocycles. The summed E-state index contributed by atoms with van der Waals surface area (Å²) in [5.41, 5.74) is 3.80. The van der Waals surface area contributed by atoms with Crippen LogP contribution in [0, 0.1) is 5.41 Å². The molecule has 0 fully saturated rings. The number of rotatable bonds is 9. The molecule has 5 heteroatoms. The van der Waals surface area contributed by atoms with Crippen LogP contribution in [0.25, 0.3) is 0 Å². The molecule has 1 aromatic heterocycles. The van der Waals surface area contributed by atoms with E-state index in [1.165, 1.54) is 16.8 Å². The molecule has 3 aromatic rings. The molecule has 0 unspecified atom stereocenters. The van der Waals surface area contributed by atoms with Crippen molar-refractivity contribution in [3.05, 3.63) is 83.2 Å². The lowest BCUT2D eigenvalue weighted by atomic mass is 9.95. The maximum atomic E-state index is 12.5. The van der Waals surface area contributed by atoms with Crippen LogP contribution in [-0.4, -0.2) is 22.8 Å². The summed E-state index contributed by atoms with van der Waals surface area (Å²) in [6, 6.07) is 17.6. The Morgan fingerprint density at radius 1 is 1.03 bits per heavy atom. The van der Waals surface area contributed by atoms with E-state index in [0.29, 0.717) is 5.92 Å². The molecule has 0 amide bonds. The molecule has 0 spiro atoms. The highest BCUT2D eigenvalue weighted by atomic mass is 16.5. The molecule has 5 nitrogen and oxygen atoms in total. The second-order valence-electron chi connectivity index (χ2n) is 8.52. The van der Waals surface area contributed by atoms with Gasteiger partial charge in [-0.1, -0.05) is 56.3 Å². The maximum Gasteiger partial charge on any atom is 0.315 e. The smallest absolute Gasteiger partial charge is 0.315 e. The van der Waals surface area contributed by atoms with Crippen LogP contribution in [0.4, 0.5) is 0 Å². The standard InChI is InChI=1S/C25H30N2O3/c1-18(2)23-21(15-26-27-23)14-19-10-12-22(13-11-19)30-17-25(3,4)24(28)29-16-20-8-6-5-7-9-20/h5-13,15,18H,14,16-17H2,1-4H3,(H,26,27). The summed E-state index contributed by atoms with van der Waals surface area (Å²) in [6.45, 7) is 8.49. The van der Waals surface area contributed by atoms with Gasteiger partial charge in [-0.05, 0) is 48.6 Å². The van der Waals surface area contributed by atoms with Crippen molar-refractivity contribution in [3.63, 3.8) is 0 Å². The van der Waals surface area contributed by atoms with Gasteiger partial charge < -0.3 is 9.47 Å². The zero-order valence-electron chi connectivity index (χ0n) is 18.1. The number of nitrogens with one attached hydrogen (secondary N) is 1. The van der Waals surface area contributed by atoms with Crippen molar-refractivity contribution < 1.29 is 14.3 Å². The van der Waals surface area contributed by atoms with E-state index in [2.05, 4.69) is 24.0 Å². The molecule has 0 aliphatic heterocycles. The van der Waals surface area contributed by atoms with Gasteiger partial charge in [0.05, 0.1) is 11.6 Å². The van der Waals surface area contributed by atoms with E-state index in [4.69, 9.17) is 9.47 Å². The summed E-state index contributed by atoms with van der Waals surface area (Å²) in [7, 11) is 0. The summed E-state index contributed by atoms with van der Waals surface area (Å²) in [6.07, 6.45) is 2.71. The van der Waals surface area contributed by atoms with Crippen LogP contribution < -0.4 is 4.74 Å². The largest absolute Gasteiger partial charge is 0.492 e. The fourth-order valence-electron chi connectivity index (χ4n) is 3.13. The number of carbonyl (C=O) groups is 1. The molecular formula is C25H30N2O3. The lowest BCUT2D eigenvalue weighted by Crippen LogP contribution is -2.32. The second-order valence-corrected chi connectivity index (χ2v) is 8.52. The number of ether oxygens (including phenoxy) is 2. The fraction of sp³-hybridized carbons (Fsp3) is 0.360. The Morgan fingerprint density at radius 2 is 1.73 bits per heavy atom. The third kappa shape index (κ3) is 5.72. The Hall–Kier alpha value is -3.08. The number of aromatic nitrogens is 2. The van der Waals surface area contributed by atoms with E-state index in [-0.39, 0.29) is 19.2 Å². The minimum Gasteiger partial charge on any atom is -0.492 e. The highest BCUT2D eigenvalue weighted by Crippen LogP contribution is 2.23. The van der Waals surface area contributed by atoms with Gasteiger partial charge in [-0.15, -0.1) is 0 Å². The van der Waals surface area contributed by atoms with Crippen molar-refractivity contribution in [1.29, 1.82) is 0 Å². The van der Waals surface area contributed by atoms with Crippen LogP contribution >= 0.6 is 0 Å². The Morgan fingerprint density at radius 3 is 2.40 bits per heavy atom. The van der Waals surface area contributed by atoms with Crippen molar-refractivity contribution in [3.8, 4) is 5.75 Å². The number of benzene rings is 2. The van der Waals surface area contributed by atoms with E-state index < -0.39 is 5.41 Å². The highest BCUT2D eigenvalue weighted by molar-refractivity contribution is 5.76. The molecule has 0 atom stereocenters. The number of nitrogens with zero attached hydrogens (tertiary/aromatic N) is 1. The van der Waals surface area contributed by atoms with Crippen LogP contribution in [-0.2, 0) is 22.6 Å². The number of H-pyrrole nitrogens is 1.